The number of aliphatic carboxylic acids is 1. The summed E-state index contributed by atoms with van der Waals surface area (Å²) in [5.74, 6) is -5.27. The lowest BCUT2D eigenvalue weighted by atomic mass is 9.76. The number of Topliss-reactive ketones (excluding diaryl/α,β-unsaturated/α-hetero) is 1. The average Bonchev–Trinajstić information content (AvgIpc) is 2.94. The van der Waals surface area contributed by atoms with E-state index in [9.17, 15) is 41.4 Å². The number of amides is 2. The van der Waals surface area contributed by atoms with Gasteiger partial charge in [-0.05, 0) is 78.6 Å². The second-order valence-electron chi connectivity index (χ2n) is 11.9. The van der Waals surface area contributed by atoms with Crippen molar-refractivity contribution < 1.29 is 41.4 Å². The Morgan fingerprint density at radius 2 is 1.57 bits per heavy atom. The van der Waals surface area contributed by atoms with Gasteiger partial charge in [0.2, 0.25) is 0 Å². The van der Waals surface area contributed by atoms with Gasteiger partial charge in [-0.3, -0.25) is 14.5 Å². The van der Waals surface area contributed by atoms with Crippen LogP contribution in [-0.4, -0.2) is 40.9 Å². The third-order valence-corrected chi connectivity index (χ3v) is 8.45. The van der Waals surface area contributed by atoms with Crippen molar-refractivity contribution in [3.8, 4) is 0 Å². The molecule has 246 valence electrons. The van der Waals surface area contributed by atoms with Gasteiger partial charge in [0, 0.05) is 66.1 Å². The molecular weight excluding hydrogens is 654 g/mol. The maximum Gasteiger partial charge on any atom is 0.416 e. The van der Waals surface area contributed by atoms with E-state index < -0.39 is 52.8 Å². The smallest absolute Gasteiger partial charge is 0.416 e. The van der Waals surface area contributed by atoms with Crippen molar-refractivity contribution in [1.29, 1.82) is 0 Å². The van der Waals surface area contributed by atoms with Crippen LogP contribution in [0.15, 0.2) is 60.7 Å². The van der Waals surface area contributed by atoms with E-state index in [0.717, 1.165) is 17.7 Å². The molecule has 1 unspecified atom stereocenters. The zero-order valence-corrected chi connectivity index (χ0v) is 26.4. The van der Waals surface area contributed by atoms with Gasteiger partial charge in [-0.2, -0.15) is 13.2 Å². The van der Waals surface area contributed by atoms with Crippen LogP contribution in [0.3, 0.4) is 0 Å². The van der Waals surface area contributed by atoms with E-state index in [4.69, 9.17) is 23.2 Å². The number of rotatable bonds is 11. The first-order chi connectivity index (χ1) is 21.3. The van der Waals surface area contributed by atoms with E-state index in [1.165, 1.54) is 9.80 Å². The zero-order chi connectivity index (χ0) is 34.0. The Labute approximate surface area is 272 Å². The van der Waals surface area contributed by atoms with E-state index >= 15 is 0 Å². The lowest BCUT2D eigenvalue weighted by Crippen LogP contribution is -2.59. The van der Waals surface area contributed by atoms with Crippen molar-refractivity contribution in [3.05, 3.63) is 98.5 Å². The molecule has 6 nitrogen and oxygen atoms in total. The number of hydrogen-bond donors (Lipinski definition) is 1. The minimum atomic E-state index is -4.88. The molecule has 2 amide bonds. The van der Waals surface area contributed by atoms with Crippen LogP contribution in [-0.2, 0) is 34.7 Å². The first-order valence-electron chi connectivity index (χ1n) is 14.3. The second kappa shape index (κ2) is 13.6. The molecule has 0 spiro atoms. The maximum atomic E-state index is 14.0. The van der Waals surface area contributed by atoms with Crippen LogP contribution in [0.4, 0.5) is 32.4 Å². The standard InChI is InChI=1S/C33H31Cl2F5N2O4/c1-20-3-5-22(28(35)11-20)17-41-18-32(16-29(44)45,19-42(30(41)46)26-8-6-25(34)7-9-26)15-27(43)10-4-21-12-23(31(2,36)37)14-24(13-21)33(38,39)40/h3,5-9,11-14H,4,10,15-19H2,1-2H3,(H,44,45). The number of carbonyl (C=O) groups is 3. The fourth-order valence-electron chi connectivity index (χ4n) is 5.68. The molecular formula is C33H31Cl2F5N2O4. The minimum Gasteiger partial charge on any atom is -0.481 e. The van der Waals surface area contributed by atoms with Crippen LogP contribution in [0.25, 0.3) is 0 Å². The number of alkyl halides is 5. The Hall–Kier alpha value is -3.70. The molecule has 1 saturated heterocycles. The van der Waals surface area contributed by atoms with Crippen molar-refractivity contribution in [2.24, 2.45) is 5.41 Å². The number of nitrogens with zero attached hydrogens (tertiary/aromatic N) is 2. The van der Waals surface area contributed by atoms with Crippen LogP contribution >= 0.6 is 23.2 Å². The molecule has 4 rings (SSSR count). The summed E-state index contributed by atoms with van der Waals surface area (Å²) in [5.41, 5.74) is -1.61. The Kier molecular flexibility index (Phi) is 10.4. The topological polar surface area (TPSA) is 77.9 Å². The van der Waals surface area contributed by atoms with Gasteiger partial charge >= 0.3 is 18.2 Å². The summed E-state index contributed by atoms with van der Waals surface area (Å²) >= 11 is 12.5. The molecule has 1 atom stereocenters. The molecule has 1 aliphatic rings. The normalized spacial score (nSPS) is 17.4. The minimum absolute atomic E-state index is 0.00976. The molecule has 1 aliphatic heterocycles. The molecule has 0 radical (unpaired) electrons. The van der Waals surface area contributed by atoms with E-state index in [0.29, 0.717) is 34.3 Å². The number of halogens is 7. The van der Waals surface area contributed by atoms with E-state index in [1.807, 2.05) is 13.0 Å². The summed E-state index contributed by atoms with van der Waals surface area (Å²) in [4.78, 5) is 42.2. The van der Waals surface area contributed by atoms with Crippen molar-refractivity contribution in [3.63, 3.8) is 0 Å². The predicted molar refractivity (Wildman–Crippen MR) is 164 cm³/mol. The third-order valence-electron chi connectivity index (χ3n) is 7.85. The predicted octanol–water partition coefficient (Wildman–Crippen LogP) is 8.93. The van der Waals surface area contributed by atoms with Crippen LogP contribution < -0.4 is 4.90 Å². The summed E-state index contributed by atoms with van der Waals surface area (Å²) in [5, 5.41) is 10.7. The average molecular weight is 686 g/mol. The Balaban J connectivity index is 1.65. The summed E-state index contributed by atoms with van der Waals surface area (Å²) in [6.07, 6.45) is -6.35. The van der Waals surface area contributed by atoms with Crippen molar-refractivity contribution in [2.75, 3.05) is 18.0 Å². The van der Waals surface area contributed by atoms with Gasteiger partial charge in [0.15, 0.2) is 0 Å². The molecule has 1 heterocycles. The van der Waals surface area contributed by atoms with Gasteiger partial charge in [-0.15, -0.1) is 0 Å². The third kappa shape index (κ3) is 8.76. The van der Waals surface area contributed by atoms with Crippen LogP contribution in [0.2, 0.25) is 10.0 Å². The van der Waals surface area contributed by atoms with Gasteiger partial charge in [0.25, 0.3) is 5.92 Å². The summed E-state index contributed by atoms with van der Waals surface area (Å²) in [6, 6.07) is 13.2. The SMILES string of the molecule is Cc1ccc(CN2CC(CC(=O)O)(CC(=O)CCc3cc(C(C)(F)F)cc(C(F)(F)F)c3)CN(c3ccc(Cl)cc3)C2=O)c(Cl)c1. The number of carboxylic acids is 1. The van der Waals surface area contributed by atoms with Crippen LogP contribution in [0.1, 0.15) is 54.0 Å². The van der Waals surface area contributed by atoms with Gasteiger partial charge < -0.3 is 10.0 Å². The lowest BCUT2D eigenvalue weighted by Gasteiger charge is -2.47. The Morgan fingerprint density at radius 3 is 2.15 bits per heavy atom. The van der Waals surface area contributed by atoms with Crippen molar-refractivity contribution in [2.45, 2.75) is 58.2 Å². The van der Waals surface area contributed by atoms with Crippen molar-refractivity contribution in [1.82, 2.24) is 4.90 Å². The summed E-state index contributed by atoms with van der Waals surface area (Å²) < 4.78 is 68.4. The van der Waals surface area contributed by atoms with Gasteiger partial charge in [0.1, 0.15) is 5.78 Å². The van der Waals surface area contributed by atoms with Gasteiger partial charge in [0.05, 0.1) is 12.0 Å². The quantitative estimate of drug-likeness (QED) is 0.205. The molecule has 3 aromatic rings. The number of aryl methyl sites for hydroxylation is 2. The largest absolute Gasteiger partial charge is 0.481 e. The highest BCUT2D eigenvalue weighted by Crippen LogP contribution is 2.39. The first kappa shape index (κ1) is 35.2. The van der Waals surface area contributed by atoms with Crippen LogP contribution in [0, 0.1) is 12.3 Å². The summed E-state index contributed by atoms with van der Waals surface area (Å²) in [6.45, 7) is 2.06. The number of urea groups is 1. The molecule has 13 heteroatoms. The highest BCUT2D eigenvalue weighted by atomic mass is 35.5. The van der Waals surface area contributed by atoms with Gasteiger partial charge in [-0.25, -0.2) is 13.6 Å². The first-order valence-corrected chi connectivity index (χ1v) is 15.0. The number of anilines is 1. The van der Waals surface area contributed by atoms with E-state index in [2.05, 4.69) is 0 Å². The lowest BCUT2D eigenvalue weighted by molar-refractivity contribution is -0.141. The summed E-state index contributed by atoms with van der Waals surface area (Å²) in [7, 11) is 0. The van der Waals surface area contributed by atoms with E-state index in [1.54, 1.807) is 36.4 Å². The van der Waals surface area contributed by atoms with E-state index in [-0.39, 0.29) is 44.5 Å². The second-order valence-corrected chi connectivity index (χ2v) is 12.7. The monoisotopic (exact) mass is 684 g/mol. The molecule has 1 fully saturated rings. The number of benzene rings is 3. The Bertz CT molecular complexity index is 1590. The molecule has 46 heavy (non-hydrogen) atoms. The number of ketones is 1. The van der Waals surface area contributed by atoms with Crippen molar-refractivity contribution >= 4 is 46.7 Å². The molecule has 1 N–H and O–H groups in total. The zero-order valence-electron chi connectivity index (χ0n) is 24.9. The molecule has 0 aliphatic carbocycles. The van der Waals surface area contributed by atoms with Gasteiger partial charge in [-0.1, -0.05) is 35.3 Å². The molecule has 0 aromatic heterocycles. The fourth-order valence-corrected chi connectivity index (χ4v) is 6.10. The highest BCUT2D eigenvalue weighted by Gasteiger charge is 2.46. The number of hydrogen-bond acceptors (Lipinski definition) is 3. The number of carbonyl (C=O) groups excluding carboxylic acids is 2. The number of carboxylic acid groups (broad SMARTS) is 1. The molecule has 3 aromatic carbocycles. The Morgan fingerprint density at radius 1 is 0.913 bits per heavy atom. The highest BCUT2D eigenvalue weighted by molar-refractivity contribution is 6.31. The molecule has 0 saturated carbocycles. The molecule has 0 bridgehead atoms. The fraction of sp³-hybridized carbons (Fsp3) is 0.364. The van der Waals surface area contributed by atoms with Crippen LogP contribution in [0.5, 0.6) is 0 Å². The maximum absolute atomic E-state index is 14.0.